The second-order valence-corrected chi connectivity index (χ2v) is 7.46. The zero-order chi connectivity index (χ0) is 20.2. The second kappa shape index (κ2) is 12.6. The summed E-state index contributed by atoms with van der Waals surface area (Å²) in [5.41, 5.74) is 2.29. The fourth-order valence-corrected chi connectivity index (χ4v) is 3.03. The maximum absolute atomic E-state index is 5.95. The van der Waals surface area contributed by atoms with Crippen molar-refractivity contribution >= 4 is 5.96 Å². The summed E-state index contributed by atoms with van der Waals surface area (Å²) in [5, 5.41) is 6.68. The van der Waals surface area contributed by atoms with E-state index in [2.05, 4.69) is 42.7 Å². The standard InChI is InChI=1S/C22H37N3O3/c1-5-23-22(24-11-7-12-26-16-20-8-6-13-27-20)25-15-19-10-9-18(4)14-21(19)28-17(2)3/h9-10,14,17,20H,5-8,11-13,15-16H2,1-4H3,(H2,23,24,25). The van der Waals surface area contributed by atoms with Crippen molar-refractivity contribution in [3.8, 4) is 5.75 Å². The molecule has 0 saturated carbocycles. The van der Waals surface area contributed by atoms with Crippen LogP contribution < -0.4 is 15.4 Å². The van der Waals surface area contributed by atoms with E-state index >= 15 is 0 Å². The van der Waals surface area contributed by atoms with Crippen LogP contribution in [0.4, 0.5) is 0 Å². The van der Waals surface area contributed by atoms with Gasteiger partial charge in [0.2, 0.25) is 0 Å². The molecule has 1 heterocycles. The molecule has 6 heteroatoms. The van der Waals surface area contributed by atoms with E-state index in [1.807, 2.05) is 13.8 Å². The van der Waals surface area contributed by atoms with Crippen molar-refractivity contribution in [1.29, 1.82) is 0 Å². The molecule has 1 unspecified atom stereocenters. The van der Waals surface area contributed by atoms with Crippen LogP contribution in [0, 0.1) is 6.92 Å². The van der Waals surface area contributed by atoms with E-state index in [9.17, 15) is 0 Å². The molecule has 0 spiro atoms. The fraction of sp³-hybridized carbons (Fsp3) is 0.682. The van der Waals surface area contributed by atoms with Gasteiger partial charge in [0, 0.05) is 31.9 Å². The molecule has 1 aliphatic rings. The molecular formula is C22H37N3O3. The van der Waals surface area contributed by atoms with Gasteiger partial charge in [0.05, 0.1) is 25.4 Å². The average molecular weight is 392 g/mol. The number of ether oxygens (including phenoxy) is 3. The lowest BCUT2D eigenvalue weighted by atomic mass is 10.1. The number of rotatable bonds is 11. The van der Waals surface area contributed by atoms with E-state index in [4.69, 9.17) is 19.2 Å². The Morgan fingerprint density at radius 2 is 2.18 bits per heavy atom. The zero-order valence-corrected chi connectivity index (χ0v) is 17.9. The zero-order valence-electron chi connectivity index (χ0n) is 17.9. The van der Waals surface area contributed by atoms with Crippen molar-refractivity contribution < 1.29 is 14.2 Å². The lowest BCUT2D eigenvalue weighted by Gasteiger charge is -2.15. The molecule has 6 nitrogen and oxygen atoms in total. The Morgan fingerprint density at radius 3 is 2.89 bits per heavy atom. The van der Waals surface area contributed by atoms with Crippen LogP contribution in [0.25, 0.3) is 0 Å². The van der Waals surface area contributed by atoms with Crippen LogP contribution in [0.15, 0.2) is 23.2 Å². The Morgan fingerprint density at radius 1 is 1.32 bits per heavy atom. The third-order valence-electron chi connectivity index (χ3n) is 4.42. The summed E-state index contributed by atoms with van der Waals surface area (Å²) in [6, 6.07) is 6.28. The Hall–Kier alpha value is -1.79. The van der Waals surface area contributed by atoms with Crippen LogP contribution in [0.2, 0.25) is 0 Å². The van der Waals surface area contributed by atoms with Gasteiger partial charge in [-0.2, -0.15) is 0 Å². The van der Waals surface area contributed by atoms with Gasteiger partial charge < -0.3 is 24.8 Å². The molecule has 0 aromatic heterocycles. The molecule has 28 heavy (non-hydrogen) atoms. The Labute approximate surface area is 170 Å². The quantitative estimate of drug-likeness (QED) is 0.344. The van der Waals surface area contributed by atoms with Gasteiger partial charge in [0.1, 0.15) is 5.75 Å². The van der Waals surface area contributed by atoms with E-state index in [0.717, 1.165) is 62.8 Å². The number of benzene rings is 1. The van der Waals surface area contributed by atoms with Gasteiger partial charge in [-0.05, 0) is 58.6 Å². The molecule has 1 aliphatic heterocycles. The first-order chi connectivity index (χ1) is 13.6. The first-order valence-electron chi connectivity index (χ1n) is 10.6. The molecule has 0 aliphatic carbocycles. The Kier molecular flexibility index (Phi) is 10.1. The van der Waals surface area contributed by atoms with Gasteiger partial charge in [-0.15, -0.1) is 0 Å². The van der Waals surface area contributed by atoms with Gasteiger partial charge in [0.15, 0.2) is 5.96 Å². The van der Waals surface area contributed by atoms with Gasteiger partial charge >= 0.3 is 0 Å². The number of hydrogen-bond acceptors (Lipinski definition) is 4. The van der Waals surface area contributed by atoms with Crippen molar-refractivity contribution in [3.63, 3.8) is 0 Å². The molecular weight excluding hydrogens is 354 g/mol. The molecule has 158 valence electrons. The fourth-order valence-electron chi connectivity index (χ4n) is 3.03. The largest absolute Gasteiger partial charge is 0.491 e. The third-order valence-corrected chi connectivity index (χ3v) is 4.42. The highest BCUT2D eigenvalue weighted by Crippen LogP contribution is 2.22. The van der Waals surface area contributed by atoms with E-state index in [1.165, 1.54) is 5.56 Å². The number of hydrogen-bond donors (Lipinski definition) is 2. The van der Waals surface area contributed by atoms with Crippen molar-refractivity contribution in [1.82, 2.24) is 10.6 Å². The van der Waals surface area contributed by atoms with E-state index in [-0.39, 0.29) is 6.10 Å². The van der Waals surface area contributed by atoms with Crippen LogP contribution in [0.1, 0.15) is 51.2 Å². The van der Waals surface area contributed by atoms with Crippen molar-refractivity contribution in [2.24, 2.45) is 4.99 Å². The predicted molar refractivity (Wildman–Crippen MR) is 114 cm³/mol. The summed E-state index contributed by atoms with van der Waals surface area (Å²) in [6.07, 6.45) is 3.65. The summed E-state index contributed by atoms with van der Waals surface area (Å²) in [7, 11) is 0. The third kappa shape index (κ3) is 8.48. The SMILES string of the molecule is CCNC(=NCc1ccc(C)cc1OC(C)C)NCCCOCC1CCCO1. The molecule has 0 amide bonds. The minimum atomic E-state index is 0.144. The summed E-state index contributed by atoms with van der Waals surface area (Å²) in [5.74, 6) is 1.73. The highest BCUT2D eigenvalue weighted by Gasteiger charge is 2.14. The van der Waals surface area contributed by atoms with Crippen molar-refractivity contribution in [2.45, 2.75) is 65.7 Å². The molecule has 1 saturated heterocycles. The van der Waals surface area contributed by atoms with E-state index < -0.39 is 0 Å². The smallest absolute Gasteiger partial charge is 0.191 e. The summed E-state index contributed by atoms with van der Waals surface area (Å²) in [4.78, 5) is 4.72. The molecule has 2 rings (SSSR count). The topological polar surface area (TPSA) is 64.1 Å². The van der Waals surface area contributed by atoms with Crippen molar-refractivity contribution in [2.75, 3.05) is 32.9 Å². The number of aryl methyl sites for hydroxylation is 1. The highest BCUT2D eigenvalue weighted by molar-refractivity contribution is 5.79. The van der Waals surface area contributed by atoms with E-state index in [0.29, 0.717) is 19.3 Å². The van der Waals surface area contributed by atoms with Gasteiger partial charge in [-0.1, -0.05) is 12.1 Å². The molecule has 2 N–H and O–H groups in total. The number of guanidine groups is 1. The first-order valence-corrected chi connectivity index (χ1v) is 10.6. The summed E-state index contributed by atoms with van der Waals surface area (Å²) >= 11 is 0. The van der Waals surface area contributed by atoms with Gasteiger partial charge in [-0.25, -0.2) is 4.99 Å². The molecule has 1 aromatic rings. The molecule has 1 atom stereocenters. The van der Waals surface area contributed by atoms with Crippen molar-refractivity contribution in [3.05, 3.63) is 29.3 Å². The molecule has 0 bridgehead atoms. The van der Waals surface area contributed by atoms with Crippen LogP contribution in [-0.4, -0.2) is 51.1 Å². The van der Waals surface area contributed by atoms with Crippen LogP contribution in [0.3, 0.4) is 0 Å². The lowest BCUT2D eigenvalue weighted by Crippen LogP contribution is -2.38. The van der Waals surface area contributed by atoms with Gasteiger partial charge in [0.25, 0.3) is 0 Å². The highest BCUT2D eigenvalue weighted by atomic mass is 16.5. The second-order valence-electron chi connectivity index (χ2n) is 7.46. The Balaban J connectivity index is 1.78. The maximum Gasteiger partial charge on any atom is 0.191 e. The number of aliphatic imine (C=N–C) groups is 1. The minimum absolute atomic E-state index is 0.144. The molecule has 1 aromatic carbocycles. The van der Waals surface area contributed by atoms with Crippen LogP contribution >= 0.6 is 0 Å². The minimum Gasteiger partial charge on any atom is -0.491 e. The Bertz CT molecular complexity index is 599. The number of nitrogens with one attached hydrogen (secondary N) is 2. The number of nitrogens with zero attached hydrogens (tertiary/aromatic N) is 1. The lowest BCUT2D eigenvalue weighted by molar-refractivity contribution is 0.0168. The van der Waals surface area contributed by atoms with E-state index in [1.54, 1.807) is 0 Å². The molecule has 0 radical (unpaired) electrons. The summed E-state index contributed by atoms with van der Waals surface area (Å²) < 4.78 is 17.2. The van der Waals surface area contributed by atoms with Gasteiger partial charge in [-0.3, -0.25) is 0 Å². The van der Waals surface area contributed by atoms with Crippen LogP contribution in [-0.2, 0) is 16.0 Å². The normalized spacial score (nSPS) is 17.2. The monoisotopic (exact) mass is 391 g/mol. The van der Waals surface area contributed by atoms with Crippen LogP contribution in [0.5, 0.6) is 5.75 Å². The average Bonchev–Trinajstić information content (AvgIpc) is 3.16. The molecule has 1 fully saturated rings. The summed E-state index contributed by atoms with van der Waals surface area (Å²) in [6.45, 7) is 12.8. The predicted octanol–water partition coefficient (Wildman–Crippen LogP) is 3.42. The first kappa shape index (κ1) is 22.5. The maximum atomic E-state index is 5.95.